The normalized spacial score (nSPS) is 25.2. The van der Waals surface area contributed by atoms with Crippen molar-refractivity contribution in [2.24, 2.45) is 10.9 Å². The van der Waals surface area contributed by atoms with E-state index in [-0.39, 0.29) is 0 Å². The molecule has 3 N–H and O–H groups in total. The van der Waals surface area contributed by atoms with Gasteiger partial charge in [0.2, 0.25) is 0 Å². The van der Waals surface area contributed by atoms with Gasteiger partial charge in [0.15, 0.2) is 0 Å². The van der Waals surface area contributed by atoms with Crippen molar-refractivity contribution in [3.8, 4) is 0 Å². The minimum Gasteiger partial charge on any atom is -0.409 e. The first-order valence-corrected chi connectivity index (χ1v) is 6.11. The van der Waals surface area contributed by atoms with Crippen molar-refractivity contribution in [1.29, 1.82) is 0 Å². The third kappa shape index (κ3) is 3.75. The Kier molecular flexibility index (Phi) is 5.11. The fourth-order valence-corrected chi connectivity index (χ4v) is 2.80. The van der Waals surface area contributed by atoms with Gasteiger partial charge in [-0.2, -0.15) is 11.8 Å². The second kappa shape index (κ2) is 6.14. The summed E-state index contributed by atoms with van der Waals surface area (Å²) in [4.78, 5) is 2.39. The molecule has 0 spiro atoms. The maximum Gasteiger partial charge on any atom is 0.140 e. The molecule has 1 atom stereocenters. The lowest BCUT2D eigenvalue weighted by Crippen LogP contribution is -2.39. The highest BCUT2D eigenvalue weighted by Crippen LogP contribution is 2.20. The molecule has 0 aromatic carbocycles. The predicted molar refractivity (Wildman–Crippen MR) is 61.0 cm³/mol. The molecule has 1 fully saturated rings. The largest absolute Gasteiger partial charge is 0.409 e. The summed E-state index contributed by atoms with van der Waals surface area (Å²) in [6.45, 7) is 5.40. The number of hydrogen-bond donors (Lipinski definition) is 2. The van der Waals surface area contributed by atoms with Crippen molar-refractivity contribution in [2.75, 3.05) is 25.4 Å². The van der Waals surface area contributed by atoms with Gasteiger partial charge in [-0.3, -0.25) is 0 Å². The van der Waals surface area contributed by atoms with Crippen LogP contribution in [-0.2, 0) is 0 Å². The van der Waals surface area contributed by atoms with E-state index < -0.39 is 0 Å². The summed E-state index contributed by atoms with van der Waals surface area (Å²) >= 11 is 2.05. The molecular weight excluding hydrogens is 198 g/mol. The van der Waals surface area contributed by atoms with Crippen molar-refractivity contribution < 1.29 is 5.21 Å². The zero-order valence-electron chi connectivity index (χ0n) is 8.65. The summed E-state index contributed by atoms with van der Waals surface area (Å²) in [5.41, 5.74) is 5.43. The van der Waals surface area contributed by atoms with Crippen LogP contribution in [0.25, 0.3) is 0 Å². The zero-order valence-corrected chi connectivity index (χ0v) is 9.46. The molecule has 0 radical (unpaired) electrons. The smallest absolute Gasteiger partial charge is 0.140 e. The van der Waals surface area contributed by atoms with Crippen LogP contribution in [0.1, 0.15) is 19.8 Å². The van der Waals surface area contributed by atoms with Gasteiger partial charge in [-0.1, -0.05) is 12.1 Å². The van der Waals surface area contributed by atoms with Gasteiger partial charge < -0.3 is 15.8 Å². The van der Waals surface area contributed by atoms with Gasteiger partial charge in [0.1, 0.15) is 5.84 Å². The molecule has 5 heteroatoms. The Morgan fingerprint density at radius 3 is 3.14 bits per heavy atom. The molecule has 82 valence electrons. The highest BCUT2D eigenvalue weighted by atomic mass is 32.2. The molecule has 1 unspecified atom stereocenters. The molecule has 0 amide bonds. The van der Waals surface area contributed by atoms with Crippen LogP contribution < -0.4 is 5.73 Å². The Labute approximate surface area is 89.5 Å². The van der Waals surface area contributed by atoms with Gasteiger partial charge in [0.25, 0.3) is 0 Å². The Bertz CT molecular complexity index is 198. The van der Waals surface area contributed by atoms with E-state index in [1.54, 1.807) is 0 Å². The predicted octanol–water partition coefficient (Wildman–Crippen LogP) is 0.950. The Hall–Kier alpha value is -0.420. The number of oxime groups is 1. The number of nitrogens with zero attached hydrogens (tertiary/aromatic N) is 2. The van der Waals surface area contributed by atoms with Crippen molar-refractivity contribution in [3.63, 3.8) is 0 Å². The second-order valence-electron chi connectivity index (χ2n) is 3.54. The summed E-state index contributed by atoms with van der Waals surface area (Å²) in [6.07, 6.45) is 1.89. The monoisotopic (exact) mass is 217 g/mol. The van der Waals surface area contributed by atoms with Gasteiger partial charge in [-0.15, -0.1) is 0 Å². The minimum absolute atomic E-state index is 0.330. The van der Waals surface area contributed by atoms with Gasteiger partial charge in [-0.05, 0) is 6.42 Å². The summed E-state index contributed by atoms with van der Waals surface area (Å²) in [5, 5.41) is 12.1. The average molecular weight is 217 g/mol. The molecule has 0 bridgehead atoms. The highest BCUT2D eigenvalue weighted by molar-refractivity contribution is 8.00. The molecule has 1 aliphatic heterocycles. The maximum absolute atomic E-state index is 8.40. The van der Waals surface area contributed by atoms with Crippen LogP contribution in [0.3, 0.4) is 0 Å². The Balaban J connectivity index is 2.24. The van der Waals surface area contributed by atoms with Crippen molar-refractivity contribution >= 4 is 17.6 Å². The summed E-state index contributed by atoms with van der Waals surface area (Å²) in [7, 11) is 0. The van der Waals surface area contributed by atoms with E-state index in [1.165, 1.54) is 12.2 Å². The lowest BCUT2D eigenvalue weighted by Gasteiger charge is -2.31. The average Bonchev–Trinajstić information content (AvgIpc) is 2.26. The van der Waals surface area contributed by atoms with E-state index in [0.29, 0.717) is 12.3 Å². The fourth-order valence-electron chi connectivity index (χ4n) is 1.55. The summed E-state index contributed by atoms with van der Waals surface area (Å²) < 4.78 is 0. The van der Waals surface area contributed by atoms with Crippen LogP contribution in [0, 0.1) is 0 Å². The molecule has 1 aliphatic rings. The van der Waals surface area contributed by atoms with E-state index in [1.807, 2.05) is 0 Å². The number of nitrogens with two attached hydrogens (primary N) is 1. The lowest BCUT2D eigenvalue weighted by atomic mass is 10.2. The molecule has 0 saturated carbocycles. The van der Waals surface area contributed by atoms with Crippen molar-refractivity contribution in [1.82, 2.24) is 4.90 Å². The van der Waals surface area contributed by atoms with Crippen molar-refractivity contribution in [2.45, 2.75) is 25.0 Å². The number of amidine groups is 1. The number of hydrogen-bond acceptors (Lipinski definition) is 4. The third-order valence-electron chi connectivity index (χ3n) is 2.49. The fraction of sp³-hybridized carbons (Fsp3) is 0.889. The number of rotatable bonds is 4. The zero-order chi connectivity index (χ0) is 10.4. The van der Waals surface area contributed by atoms with Crippen LogP contribution in [0.15, 0.2) is 5.16 Å². The summed E-state index contributed by atoms with van der Waals surface area (Å²) in [6, 6.07) is 0. The van der Waals surface area contributed by atoms with Crippen molar-refractivity contribution in [3.05, 3.63) is 0 Å². The second-order valence-corrected chi connectivity index (χ2v) is 4.95. The molecule has 1 saturated heterocycles. The van der Waals surface area contributed by atoms with Crippen LogP contribution in [-0.4, -0.2) is 46.6 Å². The molecular formula is C9H19N3OS. The Morgan fingerprint density at radius 2 is 2.50 bits per heavy atom. The molecule has 0 aromatic heterocycles. The van der Waals surface area contributed by atoms with Gasteiger partial charge in [-0.25, -0.2) is 0 Å². The topological polar surface area (TPSA) is 61.8 Å². The maximum atomic E-state index is 8.40. The standard InChI is InChI=1S/C9H19N3OS/c1-2-8-7-12(5-6-14-8)4-3-9(10)11-13/h8,13H,2-7H2,1H3,(H2,10,11). The molecule has 0 aliphatic carbocycles. The molecule has 0 aromatic rings. The van der Waals surface area contributed by atoms with Crippen LogP contribution in [0.5, 0.6) is 0 Å². The van der Waals surface area contributed by atoms with E-state index in [2.05, 4.69) is 28.7 Å². The first-order valence-electron chi connectivity index (χ1n) is 5.06. The lowest BCUT2D eigenvalue weighted by molar-refractivity contribution is 0.284. The van der Waals surface area contributed by atoms with E-state index in [9.17, 15) is 0 Å². The minimum atomic E-state index is 0.330. The quantitative estimate of drug-likeness (QED) is 0.318. The van der Waals surface area contributed by atoms with Crippen LogP contribution in [0.2, 0.25) is 0 Å². The third-order valence-corrected chi connectivity index (χ3v) is 3.86. The van der Waals surface area contributed by atoms with Gasteiger partial charge in [0.05, 0.1) is 0 Å². The molecule has 1 rings (SSSR count). The Morgan fingerprint density at radius 1 is 1.71 bits per heavy atom. The van der Waals surface area contributed by atoms with Crippen LogP contribution in [0.4, 0.5) is 0 Å². The summed E-state index contributed by atoms with van der Waals surface area (Å²) in [5.74, 6) is 1.53. The number of thioether (sulfide) groups is 1. The van der Waals surface area contributed by atoms with E-state index in [0.717, 1.165) is 24.9 Å². The molecule has 4 nitrogen and oxygen atoms in total. The van der Waals surface area contributed by atoms with Gasteiger partial charge in [0, 0.05) is 37.1 Å². The molecule has 1 heterocycles. The SMILES string of the molecule is CCC1CN(CCC(N)=NO)CCS1. The first-order chi connectivity index (χ1) is 6.76. The van der Waals surface area contributed by atoms with E-state index in [4.69, 9.17) is 10.9 Å². The highest BCUT2D eigenvalue weighted by Gasteiger charge is 2.18. The van der Waals surface area contributed by atoms with E-state index >= 15 is 0 Å². The first kappa shape index (κ1) is 11.7. The molecule has 14 heavy (non-hydrogen) atoms. The van der Waals surface area contributed by atoms with Gasteiger partial charge >= 0.3 is 0 Å². The van der Waals surface area contributed by atoms with Crippen LogP contribution >= 0.6 is 11.8 Å².